The van der Waals surface area contributed by atoms with Gasteiger partial charge in [0.2, 0.25) is 0 Å². The second-order valence-corrected chi connectivity index (χ2v) is 6.65. The first-order valence-electron chi connectivity index (χ1n) is 8.43. The number of ether oxygens (including phenoxy) is 1. The zero-order valence-corrected chi connectivity index (χ0v) is 15.0. The summed E-state index contributed by atoms with van der Waals surface area (Å²) in [4.78, 5) is 13.7. The van der Waals surface area contributed by atoms with Crippen LogP contribution in [0.15, 0.2) is 30.5 Å². The predicted molar refractivity (Wildman–Crippen MR) is 96.2 cm³/mol. The highest BCUT2D eigenvalue weighted by Gasteiger charge is 2.24. The molecule has 0 aliphatic carbocycles. The molecule has 0 aromatic carbocycles. The van der Waals surface area contributed by atoms with E-state index in [9.17, 15) is 0 Å². The van der Waals surface area contributed by atoms with Crippen LogP contribution in [0.5, 0.6) is 0 Å². The van der Waals surface area contributed by atoms with Gasteiger partial charge in [-0.05, 0) is 37.6 Å². The Labute approximate surface area is 144 Å². The Morgan fingerprint density at radius 3 is 2.88 bits per heavy atom. The third-order valence-corrected chi connectivity index (χ3v) is 4.45. The van der Waals surface area contributed by atoms with Crippen LogP contribution in [0.2, 0.25) is 0 Å². The minimum absolute atomic E-state index is 0.0152. The molecule has 5 heteroatoms. The van der Waals surface area contributed by atoms with E-state index in [1.807, 2.05) is 19.2 Å². The fourth-order valence-electron chi connectivity index (χ4n) is 3.02. The van der Waals surface area contributed by atoms with E-state index in [-0.39, 0.29) is 6.10 Å². The highest BCUT2D eigenvalue weighted by molar-refractivity contribution is 5.47. The van der Waals surface area contributed by atoms with Gasteiger partial charge in [0.1, 0.15) is 6.10 Å². The first-order chi connectivity index (χ1) is 11.5. The van der Waals surface area contributed by atoms with Gasteiger partial charge in [0, 0.05) is 51.3 Å². The maximum atomic E-state index is 6.01. The Balaban J connectivity index is 1.75. The average molecular weight is 326 g/mol. The maximum Gasteiger partial charge on any atom is 0.112 e. The summed E-state index contributed by atoms with van der Waals surface area (Å²) >= 11 is 0. The summed E-state index contributed by atoms with van der Waals surface area (Å²) in [6.07, 6.45) is 1.88. The first kappa shape index (κ1) is 16.9. The lowest BCUT2D eigenvalue weighted by molar-refractivity contribution is -0.0354. The van der Waals surface area contributed by atoms with Crippen LogP contribution in [-0.2, 0) is 11.3 Å². The zero-order chi connectivity index (χ0) is 17.1. The quantitative estimate of drug-likeness (QED) is 0.864. The maximum absolute atomic E-state index is 6.01. The van der Waals surface area contributed by atoms with E-state index in [0.717, 1.165) is 43.3 Å². The van der Waals surface area contributed by atoms with Gasteiger partial charge in [0.25, 0.3) is 0 Å². The minimum Gasteiger partial charge on any atom is -0.378 e. The van der Waals surface area contributed by atoms with Crippen LogP contribution in [0.25, 0.3) is 0 Å². The number of morpholine rings is 1. The van der Waals surface area contributed by atoms with Crippen molar-refractivity contribution in [1.29, 1.82) is 0 Å². The summed E-state index contributed by atoms with van der Waals surface area (Å²) in [5.41, 5.74) is 5.59. The molecule has 128 valence electrons. The second kappa shape index (κ2) is 7.28. The SMILES string of the molecule is Cc1cc(N(C)C)cc([C@@H]2CN(Cc3ncccc3C)CCO2)n1. The summed E-state index contributed by atoms with van der Waals surface area (Å²) in [6.45, 7) is 7.51. The molecule has 1 aliphatic rings. The third-order valence-electron chi connectivity index (χ3n) is 4.45. The summed E-state index contributed by atoms with van der Waals surface area (Å²) in [5.74, 6) is 0. The molecule has 3 heterocycles. The van der Waals surface area contributed by atoms with Gasteiger partial charge in [-0.2, -0.15) is 0 Å². The predicted octanol–water partition coefficient (Wildman–Crippen LogP) is 2.73. The van der Waals surface area contributed by atoms with Gasteiger partial charge in [-0.15, -0.1) is 0 Å². The molecule has 0 amide bonds. The van der Waals surface area contributed by atoms with E-state index in [2.05, 4.69) is 54.0 Å². The van der Waals surface area contributed by atoms with E-state index in [4.69, 9.17) is 9.72 Å². The van der Waals surface area contributed by atoms with Crippen LogP contribution in [0.4, 0.5) is 5.69 Å². The topological polar surface area (TPSA) is 41.5 Å². The van der Waals surface area contributed by atoms with Crippen molar-refractivity contribution in [2.24, 2.45) is 0 Å². The molecule has 0 N–H and O–H groups in total. The summed E-state index contributed by atoms with van der Waals surface area (Å²) in [6, 6.07) is 8.33. The molecule has 1 saturated heterocycles. The molecule has 1 fully saturated rings. The second-order valence-electron chi connectivity index (χ2n) is 6.65. The van der Waals surface area contributed by atoms with Crippen molar-refractivity contribution in [1.82, 2.24) is 14.9 Å². The number of pyridine rings is 2. The Hall–Kier alpha value is -1.98. The van der Waals surface area contributed by atoms with Crippen molar-refractivity contribution < 1.29 is 4.74 Å². The number of anilines is 1. The minimum atomic E-state index is 0.0152. The fourth-order valence-corrected chi connectivity index (χ4v) is 3.02. The zero-order valence-electron chi connectivity index (χ0n) is 15.0. The molecule has 5 nitrogen and oxygen atoms in total. The average Bonchev–Trinajstić information content (AvgIpc) is 2.57. The van der Waals surface area contributed by atoms with Crippen molar-refractivity contribution >= 4 is 5.69 Å². The number of aromatic nitrogens is 2. The number of hydrogen-bond acceptors (Lipinski definition) is 5. The summed E-state index contributed by atoms with van der Waals surface area (Å²) < 4.78 is 6.01. The van der Waals surface area contributed by atoms with Gasteiger partial charge in [-0.3, -0.25) is 14.9 Å². The molecule has 0 saturated carbocycles. The van der Waals surface area contributed by atoms with Crippen LogP contribution in [0.1, 0.15) is 28.7 Å². The number of rotatable bonds is 4. The lowest BCUT2D eigenvalue weighted by Gasteiger charge is -2.33. The molecule has 0 unspecified atom stereocenters. The van der Waals surface area contributed by atoms with Crippen LogP contribution < -0.4 is 4.90 Å². The van der Waals surface area contributed by atoms with Gasteiger partial charge in [-0.1, -0.05) is 6.07 Å². The van der Waals surface area contributed by atoms with Crippen molar-refractivity contribution in [2.45, 2.75) is 26.5 Å². The van der Waals surface area contributed by atoms with Gasteiger partial charge in [0.05, 0.1) is 18.0 Å². The van der Waals surface area contributed by atoms with Crippen LogP contribution in [0.3, 0.4) is 0 Å². The molecule has 2 aromatic rings. The smallest absolute Gasteiger partial charge is 0.112 e. The molecule has 0 spiro atoms. The van der Waals surface area contributed by atoms with E-state index in [1.165, 1.54) is 11.3 Å². The van der Waals surface area contributed by atoms with Gasteiger partial charge < -0.3 is 9.64 Å². The molecule has 2 aromatic heterocycles. The van der Waals surface area contributed by atoms with Gasteiger partial charge in [0.15, 0.2) is 0 Å². The van der Waals surface area contributed by atoms with E-state index in [0.29, 0.717) is 0 Å². The van der Waals surface area contributed by atoms with Crippen molar-refractivity contribution in [3.8, 4) is 0 Å². The Morgan fingerprint density at radius 1 is 1.29 bits per heavy atom. The molecule has 1 atom stereocenters. The normalized spacial score (nSPS) is 18.6. The van der Waals surface area contributed by atoms with Crippen molar-refractivity contribution in [2.75, 3.05) is 38.7 Å². The molecule has 0 bridgehead atoms. The standard InChI is InChI=1S/C19H26N4O/c1-14-6-5-7-20-18(14)12-23-8-9-24-19(13-23)17-11-16(22(3)4)10-15(2)21-17/h5-7,10-11,19H,8-9,12-13H2,1-4H3/t19-/m0/s1. The molecule has 24 heavy (non-hydrogen) atoms. The highest BCUT2D eigenvalue weighted by atomic mass is 16.5. The fraction of sp³-hybridized carbons (Fsp3) is 0.474. The molecule has 0 radical (unpaired) electrons. The lowest BCUT2D eigenvalue weighted by Crippen LogP contribution is -2.38. The summed E-state index contributed by atoms with van der Waals surface area (Å²) in [7, 11) is 4.10. The first-order valence-corrected chi connectivity index (χ1v) is 8.43. The molecular formula is C19H26N4O. The van der Waals surface area contributed by atoms with Crippen molar-refractivity contribution in [3.05, 3.63) is 53.1 Å². The van der Waals surface area contributed by atoms with Crippen LogP contribution in [0, 0.1) is 13.8 Å². The largest absolute Gasteiger partial charge is 0.378 e. The van der Waals surface area contributed by atoms with E-state index >= 15 is 0 Å². The monoisotopic (exact) mass is 326 g/mol. The Bertz CT molecular complexity index is 702. The number of aryl methyl sites for hydroxylation is 2. The summed E-state index contributed by atoms with van der Waals surface area (Å²) in [5, 5.41) is 0. The van der Waals surface area contributed by atoms with Crippen LogP contribution in [-0.4, -0.2) is 48.7 Å². The third kappa shape index (κ3) is 3.91. The Kier molecular flexibility index (Phi) is 5.11. The molecule has 3 rings (SSSR count). The number of nitrogens with zero attached hydrogens (tertiary/aromatic N) is 4. The number of hydrogen-bond donors (Lipinski definition) is 0. The van der Waals surface area contributed by atoms with Gasteiger partial charge >= 0.3 is 0 Å². The molecular weight excluding hydrogens is 300 g/mol. The van der Waals surface area contributed by atoms with Crippen molar-refractivity contribution in [3.63, 3.8) is 0 Å². The van der Waals surface area contributed by atoms with E-state index in [1.54, 1.807) is 0 Å². The van der Waals surface area contributed by atoms with E-state index < -0.39 is 0 Å². The van der Waals surface area contributed by atoms with Crippen LogP contribution >= 0.6 is 0 Å². The molecule has 1 aliphatic heterocycles. The Morgan fingerprint density at radius 2 is 2.12 bits per heavy atom. The lowest BCUT2D eigenvalue weighted by atomic mass is 10.1. The van der Waals surface area contributed by atoms with Gasteiger partial charge in [-0.25, -0.2) is 0 Å². The highest BCUT2D eigenvalue weighted by Crippen LogP contribution is 2.25.